The minimum Gasteiger partial charge on any atom is -0.456 e. The van der Waals surface area contributed by atoms with Gasteiger partial charge in [-0.2, -0.15) is 0 Å². The summed E-state index contributed by atoms with van der Waals surface area (Å²) in [5, 5.41) is 9.75. The van der Waals surface area contributed by atoms with E-state index < -0.39 is 0 Å². The van der Waals surface area contributed by atoms with Crippen LogP contribution in [-0.2, 0) is 0 Å². The van der Waals surface area contributed by atoms with Gasteiger partial charge in [-0.25, -0.2) is 0 Å². The second-order valence-corrected chi connectivity index (χ2v) is 19.0. The number of nitrogens with zero attached hydrogens (tertiary/aromatic N) is 2. The highest BCUT2D eigenvalue weighted by Gasteiger charge is 2.30. The highest BCUT2D eigenvalue weighted by Crippen LogP contribution is 2.45. The first kappa shape index (κ1) is 38.0. The predicted octanol–water partition coefficient (Wildman–Crippen LogP) is 17.2. The Morgan fingerprint density at radius 1 is 0.523 bits per heavy atom. The monoisotopic (exact) mass is 852 g/mol. The van der Waals surface area contributed by atoms with Crippen LogP contribution in [0.1, 0.15) is 43.0 Å². The van der Waals surface area contributed by atoms with Crippen molar-refractivity contribution in [3.8, 4) is 16.8 Å². The van der Waals surface area contributed by atoms with Gasteiger partial charge in [-0.05, 0) is 99.6 Å². The normalized spacial score (nSPS) is 18.6. The van der Waals surface area contributed by atoms with Gasteiger partial charge in [-0.15, -0.1) is 11.3 Å². The van der Waals surface area contributed by atoms with Crippen molar-refractivity contribution >= 4 is 97.3 Å². The lowest BCUT2D eigenvalue weighted by Crippen LogP contribution is -2.21. The van der Waals surface area contributed by atoms with Gasteiger partial charge >= 0.3 is 0 Å². The van der Waals surface area contributed by atoms with Crippen LogP contribution in [-0.4, -0.2) is 10.3 Å². The molecule has 0 spiro atoms. The average Bonchev–Trinajstić information content (AvgIpc) is 4.02. The van der Waals surface area contributed by atoms with Crippen molar-refractivity contribution < 1.29 is 4.42 Å². The smallest absolute Gasteiger partial charge is 0.138 e. The van der Waals surface area contributed by atoms with Crippen LogP contribution in [0.3, 0.4) is 0 Å². The van der Waals surface area contributed by atoms with Crippen LogP contribution in [0, 0.1) is 11.8 Å². The maximum Gasteiger partial charge on any atom is 0.138 e. The molecule has 0 N–H and O–H groups in total. The van der Waals surface area contributed by atoms with Crippen LogP contribution >= 0.6 is 11.3 Å². The molecule has 310 valence electrons. The minimum atomic E-state index is -0.168. The van der Waals surface area contributed by atoms with E-state index in [-0.39, 0.29) is 17.9 Å². The zero-order valence-corrected chi connectivity index (χ0v) is 37.0. The summed E-state index contributed by atoms with van der Waals surface area (Å²) >= 11 is 1.87. The molecule has 4 heteroatoms. The number of fused-ring (bicyclic) bond motifs is 10. The van der Waals surface area contributed by atoms with Crippen molar-refractivity contribution in [2.24, 2.45) is 16.8 Å². The maximum atomic E-state index is 6.86. The Bertz CT molecular complexity index is 3920. The number of aliphatic imine (C=N–C) groups is 1. The minimum absolute atomic E-state index is 0.0660. The van der Waals surface area contributed by atoms with Gasteiger partial charge in [0.05, 0.1) is 22.8 Å². The summed E-state index contributed by atoms with van der Waals surface area (Å²) in [6.45, 7) is 4.75. The fourth-order valence-electron chi connectivity index (χ4n) is 10.8. The fourth-order valence-corrected chi connectivity index (χ4v) is 11.9. The zero-order valence-electron chi connectivity index (χ0n) is 36.2. The van der Waals surface area contributed by atoms with Crippen molar-refractivity contribution in [2.75, 3.05) is 0 Å². The number of aromatic nitrogens is 1. The van der Waals surface area contributed by atoms with E-state index >= 15 is 0 Å². The molecule has 0 bridgehead atoms. The van der Waals surface area contributed by atoms with Gasteiger partial charge in [0.15, 0.2) is 0 Å². The molecule has 1 aliphatic heterocycles. The Morgan fingerprint density at radius 2 is 1.23 bits per heavy atom. The van der Waals surface area contributed by atoms with Gasteiger partial charge in [0.25, 0.3) is 0 Å². The van der Waals surface area contributed by atoms with Crippen LogP contribution in [0.25, 0.3) is 97.1 Å². The van der Waals surface area contributed by atoms with Gasteiger partial charge in [-0.3, -0.25) is 4.99 Å². The SMILES string of the molecule is CC1C/C=C(\c2cccc(-c3ccccc3)c2)C(C)C(c2ccc3sc4ccccc4c3c2)/N=C\1c1cc(-n2c3ccccc3c3cc4ccccc4cc32)cc2oc3ccccc3c12. The molecule has 9 aromatic carbocycles. The molecule has 4 heterocycles. The van der Waals surface area contributed by atoms with Crippen molar-refractivity contribution in [1.29, 1.82) is 0 Å². The third-order valence-corrected chi connectivity index (χ3v) is 15.1. The molecule has 3 unspecified atom stereocenters. The molecule has 1 aliphatic rings. The number of hydrogen-bond acceptors (Lipinski definition) is 3. The number of hydrogen-bond donors (Lipinski definition) is 0. The van der Waals surface area contributed by atoms with E-state index in [0.29, 0.717) is 0 Å². The third kappa shape index (κ3) is 6.19. The molecule has 0 radical (unpaired) electrons. The number of para-hydroxylation sites is 2. The van der Waals surface area contributed by atoms with Crippen molar-refractivity contribution in [2.45, 2.75) is 26.3 Å². The molecule has 0 aliphatic carbocycles. The second kappa shape index (κ2) is 15.0. The van der Waals surface area contributed by atoms with Crippen molar-refractivity contribution in [3.05, 3.63) is 217 Å². The van der Waals surface area contributed by atoms with Crippen LogP contribution in [0.2, 0.25) is 0 Å². The standard InChI is InChI=1S/C61H44N2OS/c1-37-27-29-46(43-20-14-19-40(31-43)39-15-4-3-5-16-39)38(2)61(44-28-30-58-51(33-44)48-22-10-13-26-57(48)65-58)62-60(37)52-35-45(36-56-59(52)49-23-9-12-25-55(49)64-56)63-53-24-11-8-21-47(53)50-32-41-17-6-7-18-42(41)34-54(50)63/h3-26,28-38,61H,27H2,1-2H3/b46-29-,62-60+. The number of allylic oxidation sites excluding steroid dienone is 1. The van der Waals surface area contributed by atoms with Crippen molar-refractivity contribution in [3.63, 3.8) is 0 Å². The molecule has 3 atom stereocenters. The lowest BCUT2D eigenvalue weighted by Gasteiger charge is -2.30. The van der Waals surface area contributed by atoms with Gasteiger partial charge in [-0.1, -0.05) is 153 Å². The van der Waals surface area contributed by atoms with Crippen LogP contribution < -0.4 is 0 Å². The van der Waals surface area contributed by atoms with Gasteiger partial charge in [0.2, 0.25) is 0 Å². The Hall–Kier alpha value is -7.53. The molecule has 0 fully saturated rings. The van der Waals surface area contributed by atoms with Crippen LogP contribution in [0.5, 0.6) is 0 Å². The topological polar surface area (TPSA) is 30.4 Å². The van der Waals surface area contributed by atoms with Crippen LogP contribution in [0.4, 0.5) is 0 Å². The highest BCUT2D eigenvalue weighted by molar-refractivity contribution is 7.25. The first-order valence-electron chi connectivity index (χ1n) is 22.8. The van der Waals surface area contributed by atoms with E-state index in [1.54, 1.807) is 0 Å². The molecule has 0 saturated heterocycles. The lowest BCUT2D eigenvalue weighted by atomic mass is 9.80. The largest absolute Gasteiger partial charge is 0.456 e. The molecule has 0 amide bonds. The molecule has 65 heavy (non-hydrogen) atoms. The summed E-state index contributed by atoms with van der Waals surface area (Å²) in [5.41, 5.74) is 13.7. The molecule has 12 aromatic rings. The van der Waals surface area contributed by atoms with E-state index in [0.717, 1.165) is 45.3 Å². The van der Waals surface area contributed by atoms with Gasteiger partial charge in [0, 0.05) is 70.9 Å². The maximum absolute atomic E-state index is 6.86. The summed E-state index contributed by atoms with van der Waals surface area (Å²) in [6, 6.07) is 70.9. The Labute approximate surface area is 381 Å². The number of thiophene rings is 1. The molecular formula is C61H44N2OS. The Balaban J connectivity index is 1.06. The summed E-state index contributed by atoms with van der Waals surface area (Å²) in [6.07, 6.45) is 3.37. The highest BCUT2D eigenvalue weighted by atomic mass is 32.1. The number of furan rings is 1. The number of benzene rings is 9. The first-order chi connectivity index (χ1) is 32.0. The van der Waals surface area contributed by atoms with E-state index in [2.05, 4.69) is 219 Å². The quantitative estimate of drug-likeness (QED) is 0.170. The summed E-state index contributed by atoms with van der Waals surface area (Å²) < 4.78 is 11.9. The second-order valence-electron chi connectivity index (χ2n) is 17.9. The first-order valence-corrected chi connectivity index (χ1v) is 23.6. The van der Waals surface area contributed by atoms with E-state index in [1.807, 2.05) is 11.3 Å². The summed E-state index contributed by atoms with van der Waals surface area (Å²) in [7, 11) is 0. The van der Waals surface area contributed by atoms with Crippen LogP contribution in [0.15, 0.2) is 210 Å². The summed E-state index contributed by atoms with van der Waals surface area (Å²) in [5.74, 6) is 0.161. The van der Waals surface area contributed by atoms with Gasteiger partial charge in [0.1, 0.15) is 11.2 Å². The number of rotatable bonds is 5. The Kier molecular flexibility index (Phi) is 8.79. The van der Waals surface area contributed by atoms with Crippen molar-refractivity contribution in [1.82, 2.24) is 4.57 Å². The predicted molar refractivity (Wildman–Crippen MR) is 277 cm³/mol. The summed E-state index contributed by atoms with van der Waals surface area (Å²) in [4.78, 5) is 6.12. The molecule has 3 nitrogen and oxygen atoms in total. The van der Waals surface area contributed by atoms with Gasteiger partial charge < -0.3 is 8.98 Å². The average molecular weight is 853 g/mol. The molecular weight excluding hydrogens is 809 g/mol. The molecule has 3 aromatic heterocycles. The molecule has 13 rings (SSSR count). The Morgan fingerprint density at radius 3 is 2.11 bits per heavy atom. The van der Waals surface area contributed by atoms with E-state index in [1.165, 1.54) is 80.6 Å². The molecule has 0 saturated carbocycles. The fraction of sp³-hybridized carbons (Fsp3) is 0.0984. The van der Waals surface area contributed by atoms with E-state index in [4.69, 9.17) is 9.41 Å². The zero-order chi connectivity index (χ0) is 43.2. The lowest BCUT2D eigenvalue weighted by molar-refractivity contribution is 0.570. The third-order valence-electron chi connectivity index (χ3n) is 14.0. The van der Waals surface area contributed by atoms with E-state index in [9.17, 15) is 0 Å².